The van der Waals surface area contributed by atoms with Gasteiger partial charge in [0.1, 0.15) is 5.82 Å². The van der Waals surface area contributed by atoms with Gasteiger partial charge in [-0.3, -0.25) is 0 Å². The van der Waals surface area contributed by atoms with Gasteiger partial charge in [0.05, 0.1) is 22.5 Å². The molecule has 1 saturated carbocycles. The number of hydrogen-bond acceptors (Lipinski definition) is 3. The highest BCUT2D eigenvalue weighted by molar-refractivity contribution is 9.10. The van der Waals surface area contributed by atoms with Gasteiger partial charge in [-0.15, -0.1) is 0 Å². The smallest absolute Gasteiger partial charge is 0.139 e. The number of nitrogens with zero attached hydrogens (tertiary/aromatic N) is 1. The molecular weight excluding hydrogens is 287 g/mol. The molecule has 1 aromatic carbocycles. The molecule has 0 radical (unpaired) electrons. The van der Waals surface area contributed by atoms with Gasteiger partial charge in [-0.1, -0.05) is 0 Å². The van der Waals surface area contributed by atoms with E-state index >= 15 is 0 Å². The molecule has 94 valence electrons. The predicted molar refractivity (Wildman–Crippen MR) is 70.8 cm³/mol. The number of rotatable bonds is 5. The Bertz CT molecular complexity index is 410. The second-order valence-electron chi connectivity index (χ2n) is 4.24. The first-order valence-corrected chi connectivity index (χ1v) is 6.43. The second kappa shape index (κ2) is 5.23. The third kappa shape index (κ3) is 2.90. The number of nitrogen functional groups attached to an aromatic ring is 1. The topological polar surface area (TPSA) is 38.5 Å². The highest BCUT2D eigenvalue weighted by Crippen LogP contribution is 2.36. The molecule has 0 spiro atoms. The molecule has 5 heteroatoms. The van der Waals surface area contributed by atoms with Gasteiger partial charge in [0.15, 0.2) is 0 Å². The molecule has 0 heterocycles. The molecule has 0 saturated heterocycles. The molecule has 3 nitrogen and oxygen atoms in total. The van der Waals surface area contributed by atoms with E-state index in [1.54, 1.807) is 13.2 Å². The maximum absolute atomic E-state index is 13.3. The maximum atomic E-state index is 13.3. The van der Waals surface area contributed by atoms with Crippen molar-refractivity contribution in [3.8, 4) is 0 Å². The summed E-state index contributed by atoms with van der Waals surface area (Å²) in [6, 6.07) is 3.63. The van der Waals surface area contributed by atoms with Gasteiger partial charge in [-0.05, 0) is 34.8 Å². The zero-order chi connectivity index (χ0) is 12.4. The van der Waals surface area contributed by atoms with E-state index < -0.39 is 0 Å². The fourth-order valence-corrected chi connectivity index (χ4v) is 2.21. The number of nitrogens with two attached hydrogens (primary N) is 1. The first-order valence-electron chi connectivity index (χ1n) is 5.63. The Morgan fingerprint density at radius 1 is 1.53 bits per heavy atom. The molecule has 0 amide bonds. The fourth-order valence-electron chi connectivity index (χ4n) is 1.88. The minimum Gasteiger partial charge on any atom is -0.397 e. The Hall–Kier alpha value is -0.810. The Labute approximate surface area is 109 Å². The van der Waals surface area contributed by atoms with Crippen molar-refractivity contribution in [3.05, 3.63) is 22.4 Å². The molecule has 0 bridgehead atoms. The van der Waals surface area contributed by atoms with E-state index in [1.165, 1.54) is 6.07 Å². The highest BCUT2D eigenvalue weighted by Gasteiger charge is 2.30. The molecule has 17 heavy (non-hydrogen) atoms. The number of methoxy groups -OCH3 is 1. The van der Waals surface area contributed by atoms with E-state index in [1.807, 2.05) is 0 Å². The number of hydrogen-bond donors (Lipinski definition) is 1. The minimum atomic E-state index is -0.325. The third-order valence-corrected chi connectivity index (χ3v) is 3.51. The van der Waals surface area contributed by atoms with Crippen LogP contribution >= 0.6 is 15.9 Å². The molecule has 0 aliphatic heterocycles. The zero-order valence-corrected chi connectivity index (χ0v) is 11.3. The van der Waals surface area contributed by atoms with E-state index in [4.69, 9.17) is 10.5 Å². The summed E-state index contributed by atoms with van der Waals surface area (Å²) < 4.78 is 18.9. The average Bonchev–Trinajstić information content (AvgIpc) is 3.10. The molecule has 0 aromatic heterocycles. The van der Waals surface area contributed by atoms with Gasteiger partial charge < -0.3 is 15.4 Å². The van der Waals surface area contributed by atoms with E-state index in [2.05, 4.69) is 20.8 Å². The summed E-state index contributed by atoms with van der Waals surface area (Å²) in [5.74, 6) is -0.325. The summed E-state index contributed by atoms with van der Waals surface area (Å²) in [6.07, 6.45) is 2.33. The summed E-state index contributed by atoms with van der Waals surface area (Å²) in [4.78, 5) is 2.20. The molecule has 2 N–H and O–H groups in total. The van der Waals surface area contributed by atoms with Crippen LogP contribution in [0.2, 0.25) is 0 Å². The normalized spacial score (nSPS) is 15.0. The van der Waals surface area contributed by atoms with Crippen molar-refractivity contribution in [3.63, 3.8) is 0 Å². The lowest BCUT2D eigenvalue weighted by molar-refractivity contribution is 0.205. The third-order valence-electron chi connectivity index (χ3n) is 2.90. The number of anilines is 2. The summed E-state index contributed by atoms with van der Waals surface area (Å²) in [6.45, 7) is 1.42. The van der Waals surface area contributed by atoms with Crippen LogP contribution in [0.25, 0.3) is 0 Å². The maximum Gasteiger partial charge on any atom is 0.139 e. The SMILES string of the molecule is COCCN(c1cc(Br)c(F)cc1N)C1CC1. The van der Waals surface area contributed by atoms with Crippen molar-refractivity contribution < 1.29 is 9.13 Å². The van der Waals surface area contributed by atoms with E-state index in [9.17, 15) is 4.39 Å². The largest absolute Gasteiger partial charge is 0.397 e. The van der Waals surface area contributed by atoms with Gasteiger partial charge in [-0.25, -0.2) is 4.39 Å². The molecule has 1 aliphatic rings. The van der Waals surface area contributed by atoms with Crippen LogP contribution in [0.15, 0.2) is 16.6 Å². The molecule has 2 rings (SSSR count). The van der Waals surface area contributed by atoms with Crippen LogP contribution in [0, 0.1) is 5.82 Å². The van der Waals surface area contributed by atoms with Gasteiger partial charge in [0.25, 0.3) is 0 Å². The molecule has 0 unspecified atom stereocenters. The quantitative estimate of drug-likeness (QED) is 0.850. The lowest BCUT2D eigenvalue weighted by atomic mass is 10.2. The molecule has 1 fully saturated rings. The van der Waals surface area contributed by atoms with Crippen LogP contribution in [0.1, 0.15) is 12.8 Å². The Morgan fingerprint density at radius 2 is 2.24 bits per heavy atom. The monoisotopic (exact) mass is 302 g/mol. The highest BCUT2D eigenvalue weighted by atomic mass is 79.9. The lowest BCUT2D eigenvalue weighted by Crippen LogP contribution is -2.30. The Morgan fingerprint density at radius 3 is 2.82 bits per heavy atom. The van der Waals surface area contributed by atoms with Crippen LogP contribution in [-0.2, 0) is 4.74 Å². The zero-order valence-electron chi connectivity index (χ0n) is 9.75. The number of benzene rings is 1. The summed E-state index contributed by atoms with van der Waals surface area (Å²) in [5, 5.41) is 0. The molecular formula is C12H16BrFN2O. The first kappa shape index (κ1) is 12.6. The van der Waals surface area contributed by atoms with Crippen LogP contribution in [0.4, 0.5) is 15.8 Å². The van der Waals surface area contributed by atoms with E-state index in [-0.39, 0.29) is 5.82 Å². The van der Waals surface area contributed by atoms with E-state index in [0.717, 1.165) is 25.1 Å². The van der Waals surface area contributed by atoms with Crippen molar-refractivity contribution in [1.29, 1.82) is 0 Å². The van der Waals surface area contributed by atoms with Crippen LogP contribution < -0.4 is 10.6 Å². The molecule has 0 atom stereocenters. The van der Waals surface area contributed by atoms with Crippen LogP contribution in [0.3, 0.4) is 0 Å². The van der Waals surface area contributed by atoms with Gasteiger partial charge in [-0.2, -0.15) is 0 Å². The van der Waals surface area contributed by atoms with Crippen molar-refractivity contribution in [2.75, 3.05) is 30.9 Å². The lowest BCUT2D eigenvalue weighted by Gasteiger charge is -2.26. The summed E-state index contributed by atoms with van der Waals surface area (Å²) >= 11 is 3.20. The van der Waals surface area contributed by atoms with E-state index in [0.29, 0.717) is 22.8 Å². The van der Waals surface area contributed by atoms with Crippen molar-refractivity contribution >= 4 is 27.3 Å². The number of halogens is 2. The van der Waals surface area contributed by atoms with Crippen LogP contribution in [-0.4, -0.2) is 26.3 Å². The van der Waals surface area contributed by atoms with Crippen molar-refractivity contribution in [2.45, 2.75) is 18.9 Å². The number of ether oxygens (including phenoxy) is 1. The fraction of sp³-hybridized carbons (Fsp3) is 0.500. The van der Waals surface area contributed by atoms with Crippen molar-refractivity contribution in [1.82, 2.24) is 0 Å². The minimum absolute atomic E-state index is 0.325. The summed E-state index contributed by atoms with van der Waals surface area (Å²) in [5.41, 5.74) is 7.25. The molecule has 1 aromatic rings. The Balaban J connectivity index is 2.25. The molecule has 1 aliphatic carbocycles. The second-order valence-corrected chi connectivity index (χ2v) is 5.10. The average molecular weight is 303 g/mol. The van der Waals surface area contributed by atoms with Gasteiger partial charge >= 0.3 is 0 Å². The summed E-state index contributed by atoms with van der Waals surface area (Å²) in [7, 11) is 1.68. The van der Waals surface area contributed by atoms with Gasteiger partial charge in [0.2, 0.25) is 0 Å². The standard InChI is InChI=1S/C12H16BrFN2O/c1-17-5-4-16(8-2-3-8)12-6-9(13)10(14)7-11(12)15/h6-8H,2-5,15H2,1H3. The van der Waals surface area contributed by atoms with Gasteiger partial charge in [0, 0.05) is 25.8 Å². The van der Waals surface area contributed by atoms with Crippen molar-refractivity contribution in [2.24, 2.45) is 0 Å². The first-order chi connectivity index (χ1) is 8.13. The van der Waals surface area contributed by atoms with Crippen LogP contribution in [0.5, 0.6) is 0 Å². The Kier molecular flexibility index (Phi) is 3.89. The predicted octanol–water partition coefficient (Wildman–Crippen LogP) is 2.79.